The second-order valence-electron chi connectivity index (χ2n) is 7.42. The SMILES string of the molecule is O=C(c1cccc(O)c1)N1CC2(C1)OCCC2CCOCC1CC1. The third-order valence-corrected chi connectivity index (χ3v) is 5.56. The molecule has 5 nitrogen and oxygen atoms in total. The zero-order valence-electron chi connectivity index (χ0n) is 13.9. The average Bonchev–Trinajstić information content (AvgIpc) is 3.27. The lowest BCUT2D eigenvalue weighted by atomic mass is 9.79. The number of phenols is 1. The van der Waals surface area contributed by atoms with Crippen molar-refractivity contribution in [2.24, 2.45) is 11.8 Å². The minimum atomic E-state index is -0.171. The summed E-state index contributed by atoms with van der Waals surface area (Å²) in [5.41, 5.74) is 0.363. The highest BCUT2D eigenvalue weighted by molar-refractivity contribution is 5.95. The molecule has 1 atom stereocenters. The van der Waals surface area contributed by atoms with E-state index in [-0.39, 0.29) is 17.3 Å². The van der Waals surface area contributed by atoms with E-state index in [9.17, 15) is 9.90 Å². The first kappa shape index (κ1) is 15.9. The molecule has 4 rings (SSSR count). The maximum atomic E-state index is 12.5. The van der Waals surface area contributed by atoms with E-state index in [1.165, 1.54) is 18.9 Å². The smallest absolute Gasteiger partial charge is 0.254 e. The molecule has 0 radical (unpaired) electrons. The Morgan fingerprint density at radius 3 is 2.92 bits per heavy atom. The van der Waals surface area contributed by atoms with Crippen molar-refractivity contribution in [2.75, 3.05) is 32.9 Å². The lowest BCUT2D eigenvalue weighted by Crippen LogP contribution is -2.66. The molecule has 3 fully saturated rings. The number of phenolic OH excluding ortho intramolecular Hbond substituents is 1. The van der Waals surface area contributed by atoms with Crippen LogP contribution in [0.2, 0.25) is 0 Å². The average molecular weight is 331 g/mol. The Labute approximate surface area is 142 Å². The number of carbonyl (C=O) groups excluding carboxylic acids is 1. The number of amides is 1. The summed E-state index contributed by atoms with van der Waals surface area (Å²) < 4.78 is 11.8. The Kier molecular flexibility index (Phi) is 4.22. The molecule has 5 heteroatoms. The molecule has 1 saturated carbocycles. The van der Waals surface area contributed by atoms with E-state index in [0.717, 1.165) is 38.6 Å². The molecule has 3 aliphatic rings. The number of carbonyl (C=O) groups is 1. The van der Waals surface area contributed by atoms with Crippen LogP contribution in [0.15, 0.2) is 24.3 Å². The summed E-state index contributed by atoms with van der Waals surface area (Å²) in [6.07, 6.45) is 4.72. The van der Waals surface area contributed by atoms with Gasteiger partial charge in [0.25, 0.3) is 5.91 Å². The van der Waals surface area contributed by atoms with Crippen molar-refractivity contribution in [1.29, 1.82) is 0 Å². The molecule has 2 saturated heterocycles. The third kappa shape index (κ3) is 3.15. The summed E-state index contributed by atoms with van der Waals surface area (Å²) >= 11 is 0. The molecule has 1 aromatic carbocycles. The van der Waals surface area contributed by atoms with E-state index in [4.69, 9.17) is 9.47 Å². The fourth-order valence-electron chi connectivity index (χ4n) is 3.87. The molecule has 1 aliphatic carbocycles. The van der Waals surface area contributed by atoms with E-state index in [0.29, 0.717) is 24.6 Å². The van der Waals surface area contributed by atoms with Crippen LogP contribution < -0.4 is 0 Å². The summed E-state index contributed by atoms with van der Waals surface area (Å²) in [4.78, 5) is 14.3. The van der Waals surface area contributed by atoms with Gasteiger partial charge in [-0.05, 0) is 55.7 Å². The van der Waals surface area contributed by atoms with Crippen molar-refractivity contribution in [3.8, 4) is 5.75 Å². The Morgan fingerprint density at radius 2 is 2.17 bits per heavy atom. The van der Waals surface area contributed by atoms with Gasteiger partial charge in [-0.15, -0.1) is 0 Å². The predicted molar refractivity (Wildman–Crippen MR) is 89.0 cm³/mol. The number of hydrogen-bond donors (Lipinski definition) is 1. The number of nitrogens with zero attached hydrogens (tertiary/aromatic N) is 1. The van der Waals surface area contributed by atoms with Gasteiger partial charge in [0, 0.05) is 25.4 Å². The minimum Gasteiger partial charge on any atom is -0.508 e. The first-order chi connectivity index (χ1) is 11.7. The number of hydrogen-bond acceptors (Lipinski definition) is 4. The van der Waals surface area contributed by atoms with Crippen molar-refractivity contribution in [2.45, 2.75) is 31.3 Å². The van der Waals surface area contributed by atoms with Crippen LogP contribution in [0, 0.1) is 11.8 Å². The normalized spacial score (nSPS) is 25.0. The highest BCUT2D eigenvalue weighted by Gasteiger charge is 2.54. The molecule has 0 aromatic heterocycles. The lowest BCUT2D eigenvalue weighted by Gasteiger charge is -2.50. The van der Waals surface area contributed by atoms with Crippen molar-refractivity contribution in [3.63, 3.8) is 0 Å². The van der Waals surface area contributed by atoms with Gasteiger partial charge < -0.3 is 19.5 Å². The summed E-state index contributed by atoms with van der Waals surface area (Å²) in [6, 6.07) is 6.54. The van der Waals surface area contributed by atoms with E-state index in [1.54, 1.807) is 18.2 Å². The Balaban J connectivity index is 1.29. The number of likely N-dealkylation sites (tertiary alicyclic amines) is 1. The zero-order chi connectivity index (χ0) is 16.6. The Bertz CT molecular complexity index is 607. The van der Waals surface area contributed by atoms with Gasteiger partial charge in [-0.3, -0.25) is 4.79 Å². The standard InChI is InChI=1S/C19H25NO4/c21-17-3-1-2-15(10-17)18(22)20-12-19(13-20)16(7-9-24-19)6-8-23-11-14-4-5-14/h1-3,10,14,16,21H,4-9,11-13H2. The largest absolute Gasteiger partial charge is 0.508 e. The van der Waals surface area contributed by atoms with Crippen LogP contribution >= 0.6 is 0 Å². The second-order valence-corrected chi connectivity index (χ2v) is 7.42. The number of aromatic hydroxyl groups is 1. The maximum Gasteiger partial charge on any atom is 0.254 e. The molecule has 1 N–H and O–H groups in total. The first-order valence-corrected chi connectivity index (χ1v) is 8.96. The van der Waals surface area contributed by atoms with Gasteiger partial charge in [-0.2, -0.15) is 0 Å². The number of benzene rings is 1. The minimum absolute atomic E-state index is 0.0317. The fourth-order valence-corrected chi connectivity index (χ4v) is 3.87. The van der Waals surface area contributed by atoms with Gasteiger partial charge in [0.2, 0.25) is 0 Å². The van der Waals surface area contributed by atoms with Gasteiger partial charge in [0.05, 0.1) is 13.1 Å². The highest BCUT2D eigenvalue weighted by atomic mass is 16.5. The van der Waals surface area contributed by atoms with E-state index in [1.807, 2.05) is 4.90 Å². The lowest BCUT2D eigenvalue weighted by molar-refractivity contribution is -0.120. The maximum absolute atomic E-state index is 12.5. The van der Waals surface area contributed by atoms with Gasteiger partial charge in [0.15, 0.2) is 0 Å². The molecule has 1 aromatic rings. The molecule has 130 valence electrons. The van der Waals surface area contributed by atoms with E-state index >= 15 is 0 Å². The van der Waals surface area contributed by atoms with Gasteiger partial charge in [-0.25, -0.2) is 0 Å². The molecule has 1 unspecified atom stereocenters. The van der Waals surface area contributed by atoms with Crippen molar-refractivity contribution >= 4 is 5.91 Å². The highest BCUT2D eigenvalue weighted by Crippen LogP contribution is 2.42. The molecular weight excluding hydrogens is 306 g/mol. The molecule has 1 amide bonds. The van der Waals surface area contributed by atoms with Crippen molar-refractivity contribution in [3.05, 3.63) is 29.8 Å². The van der Waals surface area contributed by atoms with Gasteiger partial charge >= 0.3 is 0 Å². The van der Waals surface area contributed by atoms with Crippen molar-refractivity contribution < 1.29 is 19.4 Å². The van der Waals surface area contributed by atoms with Crippen LogP contribution in [0.1, 0.15) is 36.0 Å². The molecule has 1 spiro atoms. The number of ether oxygens (including phenoxy) is 2. The van der Waals surface area contributed by atoms with Crippen LogP contribution in [0.3, 0.4) is 0 Å². The number of rotatable bonds is 6. The topological polar surface area (TPSA) is 59.0 Å². The quantitative estimate of drug-likeness (QED) is 0.814. The molecular formula is C19H25NO4. The summed E-state index contributed by atoms with van der Waals surface area (Å²) in [6.45, 7) is 3.78. The second kappa shape index (κ2) is 6.37. The predicted octanol–water partition coefficient (Wildman–Crippen LogP) is 2.44. The van der Waals surface area contributed by atoms with E-state index in [2.05, 4.69) is 0 Å². The summed E-state index contributed by atoms with van der Waals surface area (Å²) in [5, 5.41) is 9.54. The van der Waals surface area contributed by atoms with Crippen LogP contribution in [0.5, 0.6) is 5.75 Å². The fraction of sp³-hybridized carbons (Fsp3) is 0.632. The van der Waals surface area contributed by atoms with Crippen LogP contribution in [0.25, 0.3) is 0 Å². The van der Waals surface area contributed by atoms with Crippen LogP contribution in [0.4, 0.5) is 0 Å². The first-order valence-electron chi connectivity index (χ1n) is 8.96. The summed E-state index contributed by atoms with van der Waals surface area (Å²) in [5.74, 6) is 1.37. The van der Waals surface area contributed by atoms with Crippen LogP contribution in [-0.4, -0.2) is 54.4 Å². The van der Waals surface area contributed by atoms with Gasteiger partial charge in [0.1, 0.15) is 11.4 Å². The molecule has 24 heavy (non-hydrogen) atoms. The molecule has 0 bridgehead atoms. The van der Waals surface area contributed by atoms with Crippen LogP contribution in [-0.2, 0) is 9.47 Å². The summed E-state index contributed by atoms with van der Waals surface area (Å²) in [7, 11) is 0. The van der Waals surface area contributed by atoms with Crippen molar-refractivity contribution in [1.82, 2.24) is 4.90 Å². The zero-order valence-corrected chi connectivity index (χ0v) is 13.9. The Morgan fingerprint density at radius 1 is 1.33 bits per heavy atom. The third-order valence-electron chi connectivity index (χ3n) is 5.56. The molecule has 2 aliphatic heterocycles. The van der Waals surface area contributed by atoms with Gasteiger partial charge in [-0.1, -0.05) is 6.07 Å². The Hall–Kier alpha value is -1.59. The van der Waals surface area contributed by atoms with E-state index < -0.39 is 0 Å². The monoisotopic (exact) mass is 331 g/mol. The molecule has 2 heterocycles.